The number of hydrogen-bond donors (Lipinski definition) is 1. The van der Waals surface area contributed by atoms with Crippen molar-refractivity contribution in [2.45, 2.75) is 32.4 Å². The summed E-state index contributed by atoms with van der Waals surface area (Å²) >= 11 is 0. The summed E-state index contributed by atoms with van der Waals surface area (Å²) in [6, 6.07) is 28.2. The molecule has 1 atom stereocenters. The summed E-state index contributed by atoms with van der Waals surface area (Å²) in [6.45, 7) is 4.49. The van der Waals surface area contributed by atoms with Crippen molar-refractivity contribution in [2.75, 3.05) is 4.90 Å². The Kier molecular flexibility index (Phi) is 5.59. The first-order valence-electron chi connectivity index (χ1n) is 11.5. The molecule has 33 heavy (non-hydrogen) atoms. The maximum atomic E-state index is 9.37. The highest BCUT2D eigenvalue weighted by Gasteiger charge is 2.30. The molecule has 0 bridgehead atoms. The molecule has 0 fully saturated rings. The lowest BCUT2D eigenvalue weighted by atomic mass is 9.89. The van der Waals surface area contributed by atoms with Crippen LogP contribution in [0.25, 0.3) is 22.3 Å². The summed E-state index contributed by atoms with van der Waals surface area (Å²) in [5, 5.41) is 12.9. The first-order valence-corrected chi connectivity index (χ1v) is 11.5. The molecule has 0 amide bonds. The Labute approximate surface area is 196 Å². The monoisotopic (exact) mass is 429 g/mol. The second-order valence-electron chi connectivity index (χ2n) is 8.84. The van der Waals surface area contributed by atoms with Gasteiger partial charge in [-0.2, -0.15) is 5.26 Å². The molecule has 1 aliphatic carbocycles. The van der Waals surface area contributed by atoms with Crippen LogP contribution in [0.2, 0.25) is 0 Å². The lowest BCUT2D eigenvalue weighted by Gasteiger charge is -2.32. The molecule has 162 valence electrons. The molecule has 3 heteroatoms. The Hall–Kier alpha value is -4.03. The molecule has 1 aliphatic heterocycles. The number of nitrogens with zero attached hydrogens (tertiary/aromatic N) is 2. The van der Waals surface area contributed by atoms with Gasteiger partial charge in [-0.15, -0.1) is 0 Å². The minimum Gasteiger partial charge on any atom is -0.366 e. The molecule has 3 aromatic rings. The smallest absolute Gasteiger partial charge is 0.126 e. The zero-order valence-electron chi connectivity index (χ0n) is 19.0. The first-order chi connectivity index (χ1) is 16.2. The number of anilines is 1. The zero-order valence-corrected chi connectivity index (χ0v) is 19.0. The van der Waals surface area contributed by atoms with Crippen molar-refractivity contribution in [2.24, 2.45) is 0 Å². The van der Waals surface area contributed by atoms with Crippen molar-refractivity contribution in [3.8, 4) is 28.3 Å². The fourth-order valence-corrected chi connectivity index (χ4v) is 4.63. The average Bonchev–Trinajstić information content (AvgIpc) is 3.53. The molecule has 0 saturated heterocycles. The molecular formula is C30H27N3. The van der Waals surface area contributed by atoms with Crippen molar-refractivity contribution < 1.29 is 0 Å². The van der Waals surface area contributed by atoms with Gasteiger partial charge in [0.1, 0.15) is 6.17 Å². The Bertz CT molecular complexity index is 1230. The summed E-state index contributed by atoms with van der Waals surface area (Å²) in [6.07, 6.45) is 8.91. The molecule has 0 spiro atoms. The van der Waals surface area contributed by atoms with Gasteiger partial charge in [0.05, 0.1) is 11.8 Å². The Morgan fingerprint density at radius 2 is 1.55 bits per heavy atom. The second-order valence-corrected chi connectivity index (χ2v) is 8.84. The molecule has 2 aliphatic rings. The van der Waals surface area contributed by atoms with Gasteiger partial charge in [-0.05, 0) is 52.8 Å². The van der Waals surface area contributed by atoms with Crippen molar-refractivity contribution in [1.82, 2.24) is 5.32 Å². The number of benzene rings is 3. The summed E-state index contributed by atoms with van der Waals surface area (Å²) in [5.41, 5.74) is 9.25. The van der Waals surface area contributed by atoms with Crippen LogP contribution < -0.4 is 10.2 Å². The van der Waals surface area contributed by atoms with E-state index < -0.39 is 0 Å². The van der Waals surface area contributed by atoms with Crippen molar-refractivity contribution in [1.29, 1.82) is 5.26 Å². The molecule has 3 aromatic carbocycles. The van der Waals surface area contributed by atoms with Crippen LogP contribution in [0.3, 0.4) is 0 Å². The quantitative estimate of drug-likeness (QED) is 0.469. The van der Waals surface area contributed by atoms with E-state index in [0.29, 0.717) is 5.92 Å². The number of hydrogen-bond acceptors (Lipinski definition) is 3. The van der Waals surface area contributed by atoms with Crippen LogP contribution >= 0.6 is 0 Å². The van der Waals surface area contributed by atoms with Gasteiger partial charge < -0.3 is 10.2 Å². The minimum absolute atomic E-state index is 0.0260. The van der Waals surface area contributed by atoms with E-state index in [1.165, 1.54) is 39.1 Å². The van der Waals surface area contributed by atoms with Gasteiger partial charge in [0.25, 0.3) is 0 Å². The van der Waals surface area contributed by atoms with Crippen molar-refractivity contribution in [3.05, 3.63) is 114 Å². The van der Waals surface area contributed by atoms with E-state index in [1.807, 2.05) is 18.4 Å². The fraction of sp³-hybridized carbons (Fsp3) is 0.167. The van der Waals surface area contributed by atoms with Crippen LogP contribution in [0.1, 0.15) is 31.7 Å². The number of nitriles is 1. The second kappa shape index (κ2) is 8.84. The Morgan fingerprint density at radius 3 is 2.06 bits per heavy atom. The standard InChI is InChI=1S/C30H27N3/c1-21(2)26-18-27(23-9-5-3-6-10-23)29(28(19-26)24-11-7-4-8-12-24)33-16-15-32-30(33)25-14-13-22(17-25)20-31/h3-13,15-19,21,30,32H,14H2,1-2H3. The SMILES string of the molecule is CC(C)c1cc(-c2ccccc2)c(N2C=CNC2C2=CC(C#N)=CC2)c(-c2ccccc2)c1. The van der Waals surface area contributed by atoms with E-state index in [-0.39, 0.29) is 6.17 Å². The minimum atomic E-state index is -0.0260. The van der Waals surface area contributed by atoms with Crippen LogP contribution in [0.15, 0.2) is 108 Å². The highest BCUT2D eigenvalue weighted by atomic mass is 15.3. The van der Waals surface area contributed by atoms with Gasteiger partial charge in [0.15, 0.2) is 0 Å². The van der Waals surface area contributed by atoms with Gasteiger partial charge in [0.2, 0.25) is 0 Å². The van der Waals surface area contributed by atoms with E-state index in [0.717, 1.165) is 12.0 Å². The highest BCUT2D eigenvalue weighted by Crippen LogP contribution is 2.44. The Balaban J connectivity index is 1.74. The molecular weight excluding hydrogens is 402 g/mol. The average molecular weight is 430 g/mol. The topological polar surface area (TPSA) is 39.1 Å². The molecule has 0 aromatic heterocycles. The predicted octanol–water partition coefficient (Wildman–Crippen LogP) is 7.13. The van der Waals surface area contributed by atoms with E-state index in [9.17, 15) is 5.26 Å². The Morgan fingerprint density at radius 1 is 0.939 bits per heavy atom. The van der Waals surface area contributed by atoms with E-state index in [1.54, 1.807) is 0 Å². The van der Waals surface area contributed by atoms with E-state index in [2.05, 4.69) is 109 Å². The third kappa shape index (κ3) is 3.97. The maximum Gasteiger partial charge on any atom is 0.126 e. The van der Waals surface area contributed by atoms with Crippen molar-refractivity contribution >= 4 is 5.69 Å². The predicted molar refractivity (Wildman–Crippen MR) is 136 cm³/mol. The molecule has 0 saturated carbocycles. The highest BCUT2D eigenvalue weighted by molar-refractivity contribution is 5.93. The molecule has 3 nitrogen and oxygen atoms in total. The summed E-state index contributed by atoms with van der Waals surface area (Å²) in [4.78, 5) is 2.33. The fourth-order valence-electron chi connectivity index (χ4n) is 4.63. The summed E-state index contributed by atoms with van der Waals surface area (Å²) < 4.78 is 0. The number of nitrogens with one attached hydrogen (secondary N) is 1. The van der Waals surface area contributed by atoms with Gasteiger partial charge in [-0.1, -0.05) is 80.6 Å². The normalized spacial score (nSPS) is 17.0. The molecule has 1 N–H and O–H groups in total. The van der Waals surface area contributed by atoms with Crippen LogP contribution in [-0.2, 0) is 0 Å². The van der Waals surface area contributed by atoms with Gasteiger partial charge in [0, 0.05) is 29.1 Å². The lowest BCUT2D eigenvalue weighted by molar-refractivity contribution is 0.700. The number of rotatable bonds is 5. The van der Waals surface area contributed by atoms with Crippen LogP contribution in [0, 0.1) is 11.3 Å². The third-order valence-corrected chi connectivity index (χ3v) is 6.37. The molecule has 0 radical (unpaired) electrons. The van der Waals surface area contributed by atoms with Gasteiger partial charge in [-0.3, -0.25) is 0 Å². The van der Waals surface area contributed by atoms with Crippen LogP contribution in [-0.4, -0.2) is 6.17 Å². The van der Waals surface area contributed by atoms with E-state index in [4.69, 9.17) is 0 Å². The van der Waals surface area contributed by atoms with Crippen molar-refractivity contribution in [3.63, 3.8) is 0 Å². The largest absolute Gasteiger partial charge is 0.366 e. The van der Waals surface area contributed by atoms with E-state index >= 15 is 0 Å². The van der Waals surface area contributed by atoms with Gasteiger partial charge in [-0.25, -0.2) is 0 Å². The molecule has 1 unspecified atom stereocenters. The first kappa shape index (κ1) is 20.8. The molecule has 5 rings (SSSR count). The summed E-state index contributed by atoms with van der Waals surface area (Å²) in [5.74, 6) is 0.409. The molecule has 1 heterocycles. The van der Waals surface area contributed by atoms with Gasteiger partial charge >= 0.3 is 0 Å². The van der Waals surface area contributed by atoms with Crippen LogP contribution in [0.4, 0.5) is 5.69 Å². The van der Waals surface area contributed by atoms with Crippen LogP contribution in [0.5, 0.6) is 0 Å². The maximum absolute atomic E-state index is 9.37. The summed E-state index contributed by atoms with van der Waals surface area (Å²) in [7, 11) is 0. The zero-order chi connectivity index (χ0) is 22.8. The third-order valence-electron chi connectivity index (χ3n) is 6.37. The number of allylic oxidation sites excluding steroid dienone is 3. The lowest BCUT2D eigenvalue weighted by Crippen LogP contribution is -2.37.